The molecule has 5 heteroatoms. The second kappa shape index (κ2) is 4.56. The van der Waals surface area contributed by atoms with Crippen molar-refractivity contribution in [2.75, 3.05) is 5.32 Å². The Balaban J connectivity index is 1.95. The van der Waals surface area contributed by atoms with Gasteiger partial charge >= 0.3 is 0 Å². The molecule has 0 unspecified atom stereocenters. The largest absolute Gasteiger partial charge is 0.337 e. The Morgan fingerprint density at radius 1 is 1.00 bits per heavy atom. The molecule has 4 rings (SSSR count). The predicted molar refractivity (Wildman–Crippen MR) is 82.7 cm³/mol. The summed E-state index contributed by atoms with van der Waals surface area (Å²) in [6, 6.07) is 16.1. The standard InChI is InChI=1S/C16H13N5/c1-11-6-2-3-7-12(11)18-15-16-20-17-10-21(16)14-9-5-4-8-13(14)19-15/h2-10H,1H3,(H,18,19). The lowest BCUT2D eigenvalue weighted by Crippen LogP contribution is -2.00. The van der Waals surface area contributed by atoms with E-state index in [1.54, 1.807) is 6.33 Å². The van der Waals surface area contributed by atoms with Crippen LogP contribution in [0.25, 0.3) is 16.7 Å². The maximum absolute atomic E-state index is 4.68. The second-order valence-corrected chi connectivity index (χ2v) is 4.91. The number of hydrogen-bond acceptors (Lipinski definition) is 4. The average Bonchev–Trinajstić information content (AvgIpc) is 3.00. The highest BCUT2D eigenvalue weighted by atomic mass is 15.3. The van der Waals surface area contributed by atoms with Gasteiger partial charge in [0, 0.05) is 5.69 Å². The maximum Gasteiger partial charge on any atom is 0.204 e. The molecule has 0 aliphatic rings. The smallest absolute Gasteiger partial charge is 0.204 e. The summed E-state index contributed by atoms with van der Waals surface area (Å²) in [6.45, 7) is 2.06. The van der Waals surface area contributed by atoms with E-state index in [-0.39, 0.29) is 0 Å². The summed E-state index contributed by atoms with van der Waals surface area (Å²) in [7, 11) is 0. The minimum absolute atomic E-state index is 0.709. The average molecular weight is 275 g/mol. The van der Waals surface area contributed by atoms with E-state index in [9.17, 15) is 0 Å². The van der Waals surface area contributed by atoms with Gasteiger partial charge in [-0.25, -0.2) is 4.98 Å². The molecule has 0 radical (unpaired) electrons. The van der Waals surface area contributed by atoms with E-state index in [1.165, 1.54) is 0 Å². The summed E-state index contributed by atoms with van der Waals surface area (Å²) in [5, 5.41) is 11.6. The monoisotopic (exact) mass is 275 g/mol. The molecule has 0 aliphatic carbocycles. The number of para-hydroxylation sites is 3. The van der Waals surface area contributed by atoms with Crippen molar-refractivity contribution < 1.29 is 0 Å². The third-order valence-corrected chi connectivity index (χ3v) is 3.53. The molecule has 4 aromatic rings. The number of benzene rings is 2. The molecule has 21 heavy (non-hydrogen) atoms. The third kappa shape index (κ3) is 1.90. The van der Waals surface area contributed by atoms with Crippen LogP contribution in [0.4, 0.5) is 11.5 Å². The fourth-order valence-electron chi connectivity index (χ4n) is 2.43. The van der Waals surface area contributed by atoms with Crippen LogP contribution in [0.2, 0.25) is 0 Å². The number of nitrogens with zero attached hydrogens (tertiary/aromatic N) is 4. The van der Waals surface area contributed by atoms with Gasteiger partial charge in [0.2, 0.25) is 5.65 Å². The van der Waals surface area contributed by atoms with E-state index in [0.29, 0.717) is 5.82 Å². The van der Waals surface area contributed by atoms with E-state index in [1.807, 2.05) is 46.9 Å². The Kier molecular flexibility index (Phi) is 2.57. The zero-order valence-corrected chi connectivity index (χ0v) is 11.5. The summed E-state index contributed by atoms with van der Waals surface area (Å²) in [5.41, 5.74) is 4.79. The number of nitrogens with one attached hydrogen (secondary N) is 1. The van der Waals surface area contributed by atoms with Gasteiger partial charge in [-0.05, 0) is 30.7 Å². The molecular weight excluding hydrogens is 262 g/mol. The summed E-state index contributed by atoms with van der Waals surface area (Å²) in [6.07, 6.45) is 1.71. The van der Waals surface area contributed by atoms with Crippen molar-refractivity contribution in [1.29, 1.82) is 0 Å². The third-order valence-electron chi connectivity index (χ3n) is 3.53. The van der Waals surface area contributed by atoms with Crippen molar-refractivity contribution in [1.82, 2.24) is 19.6 Å². The summed E-state index contributed by atoms with van der Waals surface area (Å²) in [5.74, 6) is 0.709. The number of rotatable bonds is 2. The Morgan fingerprint density at radius 2 is 1.81 bits per heavy atom. The van der Waals surface area contributed by atoms with E-state index in [4.69, 9.17) is 0 Å². The lowest BCUT2D eigenvalue weighted by atomic mass is 10.2. The van der Waals surface area contributed by atoms with Crippen molar-refractivity contribution >= 4 is 28.2 Å². The van der Waals surface area contributed by atoms with Gasteiger partial charge in [0.15, 0.2) is 5.82 Å². The number of aryl methyl sites for hydroxylation is 1. The SMILES string of the molecule is Cc1ccccc1Nc1nc2ccccc2n2cnnc12. The Morgan fingerprint density at radius 3 is 2.71 bits per heavy atom. The van der Waals surface area contributed by atoms with Gasteiger partial charge in [-0.2, -0.15) is 0 Å². The first-order valence-corrected chi connectivity index (χ1v) is 6.74. The first kappa shape index (κ1) is 11.8. The lowest BCUT2D eigenvalue weighted by molar-refractivity contribution is 1.11. The first-order valence-electron chi connectivity index (χ1n) is 6.74. The molecule has 0 atom stereocenters. The van der Waals surface area contributed by atoms with Crippen LogP contribution in [0.15, 0.2) is 54.9 Å². The van der Waals surface area contributed by atoms with Crippen LogP contribution in [-0.2, 0) is 0 Å². The number of anilines is 2. The van der Waals surface area contributed by atoms with Crippen molar-refractivity contribution in [2.45, 2.75) is 6.92 Å². The molecule has 102 valence electrons. The molecule has 0 saturated carbocycles. The molecule has 0 spiro atoms. The van der Waals surface area contributed by atoms with Gasteiger partial charge in [0.25, 0.3) is 0 Å². The van der Waals surface area contributed by atoms with Crippen LogP contribution in [0.1, 0.15) is 5.56 Å². The quantitative estimate of drug-likeness (QED) is 0.609. The van der Waals surface area contributed by atoms with E-state index >= 15 is 0 Å². The van der Waals surface area contributed by atoms with Crippen molar-refractivity contribution in [2.24, 2.45) is 0 Å². The van der Waals surface area contributed by atoms with E-state index in [2.05, 4.69) is 33.5 Å². The molecule has 5 nitrogen and oxygen atoms in total. The molecule has 2 aromatic heterocycles. The highest BCUT2D eigenvalue weighted by Gasteiger charge is 2.10. The fourth-order valence-corrected chi connectivity index (χ4v) is 2.43. The van der Waals surface area contributed by atoms with Crippen molar-refractivity contribution in [3.8, 4) is 0 Å². The lowest BCUT2D eigenvalue weighted by Gasteiger charge is -2.10. The zero-order valence-electron chi connectivity index (χ0n) is 11.5. The fraction of sp³-hybridized carbons (Fsp3) is 0.0625. The van der Waals surface area contributed by atoms with Crippen LogP contribution in [0.3, 0.4) is 0 Å². The first-order chi connectivity index (χ1) is 10.3. The van der Waals surface area contributed by atoms with E-state index < -0.39 is 0 Å². The van der Waals surface area contributed by atoms with Crippen molar-refractivity contribution in [3.05, 3.63) is 60.4 Å². The molecule has 2 aromatic carbocycles. The topological polar surface area (TPSA) is 55.1 Å². The van der Waals surface area contributed by atoms with Crippen LogP contribution >= 0.6 is 0 Å². The molecule has 2 heterocycles. The molecule has 1 N–H and O–H groups in total. The number of fused-ring (bicyclic) bond motifs is 3. The summed E-state index contributed by atoms with van der Waals surface area (Å²) >= 11 is 0. The zero-order chi connectivity index (χ0) is 14.2. The minimum atomic E-state index is 0.709. The summed E-state index contributed by atoms with van der Waals surface area (Å²) in [4.78, 5) is 4.68. The van der Waals surface area contributed by atoms with E-state index in [0.717, 1.165) is 27.9 Å². The maximum atomic E-state index is 4.68. The molecule has 0 aliphatic heterocycles. The highest BCUT2D eigenvalue weighted by Crippen LogP contribution is 2.24. The van der Waals surface area contributed by atoms with Crippen molar-refractivity contribution in [3.63, 3.8) is 0 Å². The Bertz CT molecular complexity index is 942. The van der Waals surface area contributed by atoms with Crippen LogP contribution in [-0.4, -0.2) is 19.6 Å². The molecule has 0 bridgehead atoms. The number of aromatic nitrogens is 4. The van der Waals surface area contributed by atoms with Gasteiger partial charge < -0.3 is 5.32 Å². The molecule has 0 saturated heterocycles. The highest BCUT2D eigenvalue weighted by molar-refractivity contribution is 5.84. The Hall–Kier alpha value is -2.95. The van der Waals surface area contributed by atoms with Gasteiger partial charge in [-0.15, -0.1) is 10.2 Å². The van der Waals surface area contributed by atoms with Gasteiger partial charge in [-0.3, -0.25) is 4.40 Å². The minimum Gasteiger partial charge on any atom is -0.337 e. The molecule has 0 amide bonds. The van der Waals surface area contributed by atoms with Crippen LogP contribution < -0.4 is 5.32 Å². The molecule has 0 fully saturated rings. The van der Waals surface area contributed by atoms with Crippen LogP contribution in [0, 0.1) is 6.92 Å². The molecular formula is C16H13N5. The normalized spacial score (nSPS) is 11.1. The number of hydrogen-bond donors (Lipinski definition) is 1. The summed E-state index contributed by atoms with van der Waals surface area (Å²) < 4.78 is 1.95. The van der Waals surface area contributed by atoms with Gasteiger partial charge in [-0.1, -0.05) is 30.3 Å². The van der Waals surface area contributed by atoms with Gasteiger partial charge in [0.1, 0.15) is 6.33 Å². The predicted octanol–water partition coefficient (Wildman–Crippen LogP) is 3.33. The Labute approximate surface area is 121 Å². The van der Waals surface area contributed by atoms with Crippen LogP contribution in [0.5, 0.6) is 0 Å². The van der Waals surface area contributed by atoms with Gasteiger partial charge in [0.05, 0.1) is 11.0 Å². The second-order valence-electron chi connectivity index (χ2n) is 4.91.